The molecule has 0 bridgehead atoms. The Morgan fingerprint density at radius 3 is 2.22 bits per heavy atom. The summed E-state index contributed by atoms with van der Waals surface area (Å²) in [5.41, 5.74) is 0. The normalized spacial score (nSPS) is 45.9. The lowest BCUT2D eigenvalue weighted by atomic mass is 9.82. The molecule has 0 unspecified atom stereocenters. The van der Waals surface area contributed by atoms with Gasteiger partial charge in [-0.15, -0.1) is 0 Å². The predicted octanol–water partition coefficient (Wildman–Crippen LogP) is 3.22. The van der Waals surface area contributed by atoms with Gasteiger partial charge in [-0.05, 0) is 11.8 Å². The Morgan fingerprint density at radius 2 is 1.89 bits per heavy atom. The number of rotatable bonds is 1. The van der Waals surface area contributed by atoms with E-state index in [0.717, 1.165) is 0 Å². The highest BCUT2D eigenvalue weighted by atomic mass is 14.2. The minimum atomic E-state index is -1.72. The van der Waals surface area contributed by atoms with E-state index in [1.807, 2.05) is 0 Å². The maximum Gasteiger partial charge on any atom is 0.0305 e. The Kier molecular flexibility index (Phi) is 1.06. The van der Waals surface area contributed by atoms with Gasteiger partial charge in [0, 0.05) is 6.85 Å². The molecule has 0 aromatic carbocycles. The highest BCUT2D eigenvalue weighted by molar-refractivity contribution is 4.67. The molecule has 9 heavy (non-hydrogen) atoms. The summed E-state index contributed by atoms with van der Waals surface area (Å²) in [7, 11) is 0. The third kappa shape index (κ3) is 2.00. The molecule has 0 N–H and O–H groups in total. The van der Waals surface area contributed by atoms with E-state index in [1.165, 1.54) is 0 Å². The third-order valence-electron chi connectivity index (χ3n) is 1.56. The van der Waals surface area contributed by atoms with Gasteiger partial charge < -0.3 is 0 Å². The average Bonchev–Trinajstić information content (AvgIpc) is 1.98. The molecule has 0 saturated heterocycles. The second-order valence-corrected chi connectivity index (χ2v) is 2.78. The lowest BCUT2D eigenvalue weighted by Gasteiger charge is -2.24. The van der Waals surface area contributed by atoms with Crippen LogP contribution in [0.5, 0.6) is 0 Å². The second-order valence-electron chi connectivity index (χ2n) is 2.78. The minimum absolute atomic E-state index is 0.300. The first-order valence-corrected chi connectivity index (χ1v) is 3.65. The average molecular weight is 131 g/mol. The van der Waals surface area contributed by atoms with Crippen LogP contribution >= 0.6 is 0 Å². The molecule has 0 heteroatoms. The van der Waals surface area contributed by atoms with Crippen molar-refractivity contribution in [1.82, 2.24) is 0 Å². The van der Waals surface area contributed by atoms with Crippen LogP contribution < -0.4 is 0 Å². The summed E-state index contributed by atoms with van der Waals surface area (Å²) < 4.78 is 39.4. The Balaban J connectivity index is 3.15. The molecule has 0 spiro atoms. The summed E-state index contributed by atoms with van der Waals surface area (Å²) in [5, 5.41) is 0. The topological polar surface area (TPSA) is 0 Å². The van der Waals surface area contributed by atoms with E-state index < -0.39 is 18.6 Å². The fraction of sp³-hybridized carbons (Fsp3) is 1.00. The van der Waals surface area contributed by atoms with Gasteiger partial charge >= 0.3 is 0 Å². The first kappa shape index (κ1) is 2.94. The molecule has 1 aliphatic rings. The van der Waals surface area contributed by atoms with Crippen molar-refractivity contribution >= 4 is 0 Å². The predicted molar refractivity (Wildman–Crippen MR) is 41.4 cm³/mol. The molecule has 0 atom stereocenters. The molecule has 1 saturated carbocycles. The van der Waals surface area contributed by atoms with Crippen LogP contribution in [0.15, 0.2) is 0 Å². The zero-order valence-electron chi connectivity index (χ0n) is 11.2. The molecular formula is C9H18. The van der Waals surface area contributed by atoms with Gasteiger partial charge in [-0.3, -0.25) is 0 Å². The van der Waals surface area contributed by atoms with E-state index in [2.05, 4.69) is 0 Å². The molecule has 0 radical (unpaired) electrons. The zero-order valence-corrected chi connectivity index (χ0v) is 6.20. The molecule has 0 aliphatic heterocycles. The lowest BCUT2D eigenvalue weighted by molar-refractivity contribution is 0.279. The number of hydrogen-bond donors (Lipinski definition) is 0. The summed E-state index contributed by atoms with van der Waals surface area (Å²) >= 11 is 0. The van der Waals surface area contributed by atoms with Crippen LogP contribution in [0.3, 0.4) is 0 Å². The van der Waals surface area contributed by atoms with Crippen molar-refractivity contribution in [3.8, 4) is 0 Å². The smallest absolute Gasteiger partial charge is 0.0305 e. The van der Waals surface area contributed by atoms with Gasteiger partial charge in [-0.1, -0.05) is 45.9 Å². The lowest BCUT2D eigenvalue weighted by Crippen LogP contribution is -2.12. The zero-order chi connectivity index (χ0) is 11.2. The van der Waals surface area contributed by atoms with Gasteiger partial charge in [-0.25, -0.2) is 0 Å². The van der Waals surface area contributed by atoms with E-state index in [0.29, 0.717) is 19.3 Å². The van der Waals surface area contributed by atoms with Crippen molar-refractivity contribution in [2.45, 2.75) is 45.9 Å². The Hall–Kier alpha value is 0. The Morgan fingerprint density at radius 1 is 1.33 bits per heavy atom. The van der Waals surface area contributed by atoms with Gasteiger partial charge in [0.1, 0.15) is 0 Å². The van der Waals surface area contributed by atoms with Crippen LogP contribution in [0.25, 0.3) is 0 Å². The van der Waals surface area contributed by atoms with E-state index in [9.17, 15) is 0 Å². The molecule has 54 valence electrons. The fourth-order valence-electron chi connectivity index (χ4n) is 1.01. The molecule has 0 aromatic heterocycles. The van der Waals surface area contributed by atoms with Crippen LogP contribution in [0.4, 0.5) is 0 Å². The van der Waals surface area contributed by atoms with Crippen molar-refractivity contribution in [1.29, 1.82) is 0 Å². The van der Waals surface area contributed by atoms with E-state index >= 15 is 0 Å². The molecule has 0 aromatic rings. The van der Waals surface area contributed by atoms with Crippen molar-refractivity contribution in [3.63, 3.8) is 0 Å². The van der Waals surface area contributed by atoms with Crippen LogP contribution in [0.2, 0.25) is 0 Å². The Labute approximate surface area is 65.7 Å². The second kappa shape index (κ2) is 3.24. The van der Waals surface area contributed by atoms with Crippen LogP contribution in [0, 0.1) is 11.8 Å². The summed E-state index contributed by atoms with van der Waals surface area (Å²) in [6.07, 6.45) is -2.30. The summed E-state index contributed by atoms with van der Waals surface area (Å²) in [6.45, 7) is 3.46. The molecule has 0 amide bonds. The molecule has 1 rings (SSSR count). The third-order valence-corrected chi connectivity index (χ3v) is 1.56. The standard InChI is InChI=1S/C9H18/c1-8(2)9-6-4-3-5-7-9/h8-9H,3-7H2,1-2H3/i6D2,7D2,9D. The number of hydrogen-bond acceptors (Lipinski definition) is 0. The Bertz CT molecular complexity index is 205. The molecule has 0 nitrogen and oxygen atoms in total. The molecule has 0 heterocycles. The van der Waals surface area contributed by atoms with Gasteiger partial charge in [0.25, 0.3) is 0 Å². The van der Waals surface area contributed by atoms with Crippen molar-refractivity contribution in [3.05, 3.63) is 0 Å². The summed E-state index contributed by atoms with van der Waals surface area (Å²) in [6, 6.07) is 0. The highest BCUT2D eigenvalue weighted by Crippen LogP contribution is 2.29. The maximum atomic E-state index is 8.13. The maximum absolute atomic E-state index is 8.13. The monoisotopic (exact) mass is 131 g/mol. The van der Waals surface area contributed by atoms with Crippen molar-refractivity contribution in [2.75, 3.05) is 0 Å². The fourth-order valence-corrected chi connectivity index (χ4v) is 1.01. The van der Waals surface area contributed by atoms with Gasteiger partial charge in [0.15, 0.2) is 0 Å². The first-order chi connectivity index (χ1) is 6.15. The largest absolute Gasteiger partial charge is 0.0625 e. The molecule has 1 fully saturated rings. The van der Waals surface area contributed by atoms with Crippen LogP contribution in [-0.2, 0) is 0 Å². The van der Waals surface area contributed by atoms with Gasteiger partial charge in [0.2, 0.25) is 0 Å². The van der Waals surface area contributed by atoms with Gasteiger partial charge in [-0.2, -0.15) is 0 Å². The van der Waals surface area contributed by atoms with E-state index in [-0.39, 0.29) is 5.92 Å². The SMILES string of the molecule is [2H]C1([2H])CCCC([2H])([2H])C1([2H])C(C)C. The highest BCUT2D eigenvalue weighted by Gasteiger charge is 2.15. The van der Waals surface area contributed by atoms with Crippen molar-refractivity contribution in [2.24, 2.45) is 11.8 Å². The van der Waals surface area contributed by atoms with E-state index in [4.69, 9.17) is 6.85 Å². The van der Waals surface area contributed by atoms with Crippen LogP contribution in [0.1, 0.15) is 52.7 Å². The summed E-state index contributed by atoms with van der Waals surface area (Å²) in [4.78, 5) is 0. The molecule has 1 aliphatic carbocycles. The minimum Gasteiger partial charge on any atom is -0.0625 e. The summed E-state index contributed by atoms with van der Waals surface area (Å²) in [5.74, 6) is -1.93. The molecular weight excluding hydrogens is 108 g/mol. The van der Waals surface area contributed by atoms with E-state index in [1.54, 1.807) is 13.8 Å². The van der Waals surface area contributed by atoms with Gasteiger partial charge in [0.05, 0.1) is 0 Å². The quantitative estimate of drug-likeness (QED) is 0.512. The first-order valence-electron chi connectivity index (χ1n) is 6.15. The van der Waals surface area contributed by atoms with Crippen molar-refractivity contribution < 1.29 is 6.85 Å². The van der Waals surface area contributed by atoms with Crippen LogP contribution in [-0.4, -0.2) is 0 Å².